The van der Waals surface area contributed by atoms with Crippen LogP contribution >= 0.6 is 22.7 Å². The van der Waals surface area contributed by atoms with Crippen LogP contribution in [0.1, 0.15) is 16.5 Å². The van der Waals surface area contributed by atoms with Crippen LogP contribution in [0, 0.1) is 5.82 Å². The molecule has 19 heavy (non-hydrogen) atoms. The van der Waals surface area contributed by atoms with Crippen LogP contribution in [-0.4, -0.2) is 12.2 Å². The van der Waals surface area contributed by atoms with E-state index in [9.17, 15) is 9.50 Å². The Morgan fingerprint density at radius 1 is 1.21 bits per heavy atom. The first-order valence-corrected chi connectivity index (χ1v) is 7.37. The Morgan fingerprint density at radius 2 is 2.05 bits per heavy atom. The molecule has 5 heteroatoms. The van der Waals surface area contributed by atoms with Crippen molar-refractivity contribution in [2.24, 2.45) is 0 Å². The Hall–Kier alpha value is -1.43. The van der Waals surface area contributed by atoms with Crippen LogP contribution in [0.25, 0.3) is 9.40 Å². The van der Waals surface area contributed by atoms with Gasteiger partial charge < -0.3 is 9.84 Å². The van der Waals surface area contributed by atoms with Crippen LogP contribution in [0.4, 0.5) is 4.39 Å². The van der Waals surface area contributed by atoms with Gasteiger partial charge in [0.1, 0.15) is 17.7 Å². The van der Waals surface area contributed by atoms with E-state index in [0.717, 1.165) is 14.3 Å². The molecule has 0 amide bonds. The summed E-state index contributed by atoms with van der Waals surface area (Å²) >= 11 is 3.10. The third-order valence-electron chi connectivity index (χ3n) is 2.93. The fourth-order valence-electron chi connectivity index (χ4n) is 1.93. The highest BCUT2D eigenvalue weighted by molar-refractivity contribution is 7.26. The lowest BCUT2D eigenvalue weighted by Crippen LogP contribution is -2.00. The molecule has 1 N–H and O–H groups in total. The average Bonchev–Trinajstić information content (AvgIpc) is 2.98. The first-order valence-electron chi connectivity index (χ1n) is 5.67. The molecule has 0 saturated heterocycles. The Labute approximate surface area is 117 Å². The number of ether oxygens (including phenoxy) is 1. The van der Waals surface area contributed by atoms with Gasteiger partial charge in [-0.25, -0.2) is 4.39 Å². The molecule has 1 atom stereocenters. The van der Waals surface area contributed by atoms with Crippen LogP contribution in [0.5, 0.6) is 5.75 Å². The standard InChI is InChI=1S/C14H11FO2S2/c1-17-8-2-3-9(10(15)6-8)14(16)13-7-12-11(19-13)4-5-18-12/h2-7,14,16H,1H3. The average molecular weight is 294 g/mol. The summed E-state index contributed by atoms with van der Waals surface area (Å²) in [5.41, 5.74) is 0.273. The molecule has 0 radical (unpaired) electrons. The van der Waals surface area contributed by atoms with Gasteiger partial charge in [0.15, 0.2) is 0 Å². The van der Waals surface area contributed by atoms with Crippen LogP contribution in [0.2, 0.25) is 0 Å². The highest BCUT2D eigenvalue weighted by Crippen LogP contribution is 2.36. The second-order valence-corrected chi connectivity index (χ2v) is 6.15. The van der Waals surface area contributed by atoms with Crippen molar-refractivity contribution >= 4 is 32.1 Å². The molecule has 98 valence electrons. The maximum absolute atomic E-state index is 13.9. The van der Waals surface area contributed by atoms with E-state index < -0.39 is 11.9 Å². The summed E-state index contributed by atoms with van der Waals surface area (Å²) in [6.07, 6.45) is -0.935. The number of aliphatic hydroxyl groups excluding tert-OH is 1. The summed E-state index contributed by atoms with van der Waals surface area (Å²) < 4.78 is 21.1. The van der Waals surface area contributed by atoms with Crippen molar-refractivity contribution in [3.8, 4) is 5.75 Å². The number of methoxy groups -OCH3 is 1. The number of fused-ring (bicyclic) bond motifs is 1. The first kappa shape index (κ1) is 12.6. The molecule has 3 rings (SSSR count). The van der Waals surface area contributed by atoms with Crippen molar-refractivity contribution in [3.63, 3.8) is 0 Å². The lowest BCUT2D eigenvalue weighted by atomic mass is 10.1. The van der Waals surface area contributed by atoms with Crippen molar-refractivity contribution in [1.82, 2.24) is 0 Å². The van der Waals surface area contributed by atoms with E-state index in [1.165, 1.54) is 24.5 Å². The monoisotopic (exact) mass is 294 g/mol. The van der Waals surface area contributed by atoms with Crippen molar-refractivity contribution < 1.29 is 14.2 Å². The zero-order chi connectivity index (χ0) is 13.4. The van der Waals surface area contributed by atoms with Crippen molar-refractivity contribution in [3.05, 3.63) is 52.0 Å². The van der Waals surface area contributed by atoms with E-state index in [4.69, 9.17) is 4.74 Å². The number of halogens is 1. The van der Waals surface area contributed by atoms with E-state index in [2.05, 4.69) is 0 Å². The number of aliphatic hydroxyl groups is 1. The molecule has 0 aliphatic rings. The number of rotatable bonds is 3. The molecular weight excluding hydrogens is 283 g/mol. The van der Waals surface area contributed by atoms with Gasteiger partial charge in [-0.2, -0.15) is 0 Å². The SMILES string of the molecule is COc1ccc(C(O)c2cc3sccc3s2)c(F)c1. The van der Waals surface area contributed by atoms with Gasteiger partial charge in [-0.3, -0.25) is 0 Å². The smallest absolute Gasteiger partial charge is 0.133 e. The summed E-state index contributed by atoms with van der Waals surface area (Å²) in [6, 6.07) is 8.42. The second-order valence-electron chi connectivity index (χ2n) is 4.09. The Bertz CT molecular complexity index is 689. The molecule has 3 aromatic rings. The van der Waals surface area contributed by atoms with Crippen LogP contribution in [0.15, 0.2) is 35.7 Å². The summed E-state index contributed by atoms with van der Waals surface area (Å²) in [7, 11) is 1.48. The van der Waals surface area contributed by atoms with Crippen molar-refractivity contribution in [2.75, 3.05) is 7.11 Å². The van der Waals surface area contributed by atoms with Gasteiger partial charge in [-0.15, -0.1) is 22.7 Å². The Kier molecular flexibility index (Phi) is 3.26. The molecule has 2 nitrogen and oxygen atoms in total. The zero-order valence-corrected chi connectivity index (χ0v) is 11.7. The van der Waals surface area contributed by atoms with E-state index in [-0.39, 0.29) is 5.56 Å². The summed E-state index contributed by atoms with van der Waals surface area (Å²) in [5, 5.41) is 12.3. The summed E-state index contributed by atoms with van der Waals surface area (Å²) in [6.45, 7) is 0. The number of thiophene rings is 2. The minimum atomic E-state index is -0.935. The highest BCUT2D eigenvalue weighted by atomic mass is 32.1. The maximum atomic E-state index is 13.9. The first-order chi connectivity index (χ1) is 9.19. The van der Waals surface area contributed by atoms with Crippen molar-refractivity contribution in [1.29, 1.82) is 0 Å². The van der Waals surface area contributed by atoms with E-state index in [1.807, 2.05) is 17.5 Å². The Balaban J connectivity index is 1.99. The van der Waals surface area contributed by atoms with Gasteiger partial charge in [0.05, 0.1) is 7.11 Å². The predicted octanol–water partition coefficient (Wildman–Crippen LogP) is 4.19. The minimum absolute atomic E-state index is 0.273. The minimum Gasteiger partial charge on any atom is -0.497 e. The number of hydrogen-bond donors (Lipinski definition) is 1. The van der Waals surface area contributed by atoms with Gasteiger partial charge >= 0.3 is 0 Å². The van der Waals surface area contributed by atoms with Crippen LogP contribution in [0.3, 0.4) is 0 Å². The predicted molar refractivity (Wildman–Crippen MR) is 76.7 cm³/mol. The zero-order valence-electron chi connectivity index (χ0n) is 10.1. The molecule has 0 saturated carbocycles. The molecule has 0 bridgehead atoms. The molecular formula is C14H11FO2S2. The summed E-state index contributed by atoms with van der Waals surface area (Å²) in [5.74, 6) is -0.00998. The molecule has 2 aromatic heterocycles. The fraction of sp³-hybridized carbons (Fsp3) is 0.143. The topological polar surface area (TPSA) is 29.5 Å². The molecule has 0 fully saturated rings. The van der Waals surface area contributed by atoms with E-state index >= 15 is 0 Å². The number of hydrogen-bond acceptors (Lipinski definition) is 4. The van der Waals surface area contributed by atoms with Crippen LogP contribution < -0.4 is 4.74 Å². The Morgan fingerprint density at radius 3 is 2.74 bits per heavy atom. The third-order valence-corrected chi connectivity index (χ3v) is 5.08. The molecule has 0 aliphatic carbocycles. The van der Waals surface area contributed by atoms with Gasteiger partial charge in [0, 0.05) is 25.9 Å². The molecule has 1 unspecified atom stereocenters. The second kappa shape index (κ2) is 4.92. The summed E-state index contributed by atoms with van der Waals surface area (Å²) in [4.78, 5) is 0.755. The van der Waals surface area contributed by atoms with Crippen LogP contribution in [-0.2, 0) is 0 Å². The van der Waals surface area contributed by atoms with Gasteiger partial charge in [-0.05, 0) is 29.6 Å². The van der Waals surface area contributed by atoms with Crippen molar-refractivity contribution in [2.45, 2.75) is 6.10 Å². The van der Waals surface area contributed by atoms with Gasteiger partial charge in [0.2, 0.25) is 0 Å². The van der Waals surface area contributed by atoms with E-state index in [0.29, 0.717) is 5.75 Å². The highest BCUT2D eigenvalue weighted by Gasteiger charge is 2.18. The normalized spacial score (nSPS) is 12.8. The van der Waals surface area contributed by atoms with Gasteiger partial charge in [-0.1, -0.05) is 0 Å². The molecule has 2 heterocycles. The fourth-order valence-corrected chi connectivity index (χ4v) is 4.05. The maximum Gasteiger partial charge on any atom is 0.133 e. The molecule has 0 aliphatic heterocycles. The lowest BCUT2D eigenvalue weighted by Gasteiger charge is -2.11. The lowest BCUT2D eigenvalue weighted by molar-refractivity contribution is 0.218. The molecule has 1 aromatic carbocycles. The van der Waals surface area contributed by atoms with Gasteiger partial charge in [0.25, 0.3) is 0 Å². The van der Waals surface area contributed by atoms with E-state index in [1.54, 1.807) is 23.5 Å². The quantitative estimate of drug-likeness (QED) is 0.784. The number of benzene rings is 1. The molecule has 0 spiro atoms. The third kappa shape index (κ3) is 2.25. The largest absolute Gasteiger partial charge is 0.497 e.